The van der Waals surface area contributed by atoms with Gasteiger partial charge in [0.1, 0.15) is 11.6 Å². The lowest BCUT2D eigenvalue weighted by Crippen LogP contribution is -2.58. The molecule has 0 aromatic rings. The Morgan fingerprint density at radius 1 is 1.41 bits per heavy atom. The molecule has 1 spiro atoms. The molecule has 8 nitrogen and oxygen atoms in total. The number of amides is 2. The predicted molar refractivity (Wildman–Crippen MR) is 95.5 cm³/mol. The fourth-order valence-corrected chi connectivity index (χ4v) is 5.07. The van der Waals surface area contributed by atoms with Crippen LogP contribution in [-0.4, -0.2) is 70.8 Å². The molecule has 3 fully saturated rings. The minimum absolute atomic E-state index is 0.0986. The molecule has 0 aromatic carbocycles. The summed E-state index contributed by atoms with van der Waals surface area (Å²) in [6, 6.07) is -1.44. The van der Waals surface area contributed by atoms with Crippen LogP contribution in [0.15, 0.2) is 0 Å². The molecule has 6 atom stereocenters. The standard InChI is InChI=1S/C19H30N2O6/c1-5-11(9-22)21-15(16(23)20-10(3)4)19-8-7-12(27-19)13(14(19)17(21)24)18(25)26-6-2/h10-15,22H,5-9H2,1-4H3,(H,20,23)/t11-,12+,13-,14-,15?,19?/m0/s1. The molecule has 2 bridgehead atoms. The van der Waals surface area contributed by atoms with Crippen LogP contribution in [0.5, 0.6) is 0 Å². The van der Waals surface area contributed by atoms with Gasteiger partial charge in [-0.15, -0.1) is 0 Å². The van der Waals surface area contributed by atoms with Crippen LogP contribution < -0.4 is 5.32 Å². The van der Waals surface area contributed by atoms with Gasteiger partial charge in [0.05, 0.1) is 37.2 Å². The first-order valence-electron chi connectivity index (χ1n) is 9.90. The fraction of sp³-hybridized carbons (Fsp3) is 0.842. The Balaban J connectivity index is 2.03. The first kappa shape index (κ1) is 20.1. The Morgan fingerprint density at radius 3 is 2.67 bits per heavy atom. The van der Waals surface area contributed by atoms with Gasteiger partial charge in [0, 0.05) is 6.04 Å². The van der Waals surface area contributed by atoms with E-state index in [0.29, 0.717) is 19.3 Å². The summed E-state index contributed by atoms with van der Waals surface area (Å²) in [5, 5.41) is 12.7. The van der Waals surface area contributed by atoms with Crippen molar-refractivity contribution >= 4 is 17.8 Å². The molecule has 3 rings (SSSR count). The van der Waals surface area contributed by atoms with E-state index in [4.69, 9.17) is 9.47 Å². The summed E-state index contributed by atoms with van der Waals surface area (Å²) in [5.41, 5.74) is -1.03. The van der Waals surface area contributed by atoms with E-state index in [-0.39, 0.29) is 31.1 Å². The zero-order valence-corrected chi connectivity index (χ0v) is 16.4. The van der Waals surface area contributed by atoms with Crippen LogP contribution in [0.3, 0.4) is 0 Å². The van der Waals surface area contributed by atoms with Crippen molar-refractivity contribution in [1.29, 1.82) is 0 Å². The van der Waals surface area contributed by atoms with Crippen LogP contribution in [0.1, 0.15) is 47.0 Å². The van der Waals surface area contributed by atoms with Crippen LogP contribution in [0.25, 0.3) is 0 Å². The maximum Gasteiger partial charge on any atom is 0.312 e. The third kappa shape index (κ3) is 2.93. The molecule has 0 saturated carbocycles. The molecule has 2 amide bonds. The number of aliphatic hydroxyl groups excluding tert-OH is 1. The van der Waals surface area contributed by atoms with Crippen molar-refractivity contribution in [3.63, 3.8) is 0 Å². The van der Waals surface area contributed by atoms with Gasteiger partial charge in [-0.1, -0.05) is 6.92 Å². The lowest BCUT2D eigenvalue weighted by Gasteiger charge is -2.36. The van der Waals surface area contributed by atoms with Crippen molar-refractivity contribution in [3.05, 3.63) is 0 Å². The molecule has 3 heterocycles. The number of hydrogen-bond acceptors (Lipinski definition) is 6. The van der Waals surface area contributed by atoms with Crippen molar-refractivity contribution < 1.29 is 29.0 Å². The molecule has 0 radical (unpaired) electrons. The number of carbonyl (C=O) groups excluding carboxylic acids is 3. The van der Waals surface area contributed by atoms with E-state index in [1.165, 1.54) is 4.90 Å². The molecule has 2 unspecified atom stereocenters. The zero-order valence-electron chi connectivity index (χ0n) is 16.4. The van der Waals surface area contributed by atoms with Gasteiger partial charge in [-0.05, 0) is 40.0 Å². The Labute approximate surface area is 159 Å². The summed E-state index contributed by atoms with van der Waals surface area (Å²) >= 11 is 0. The zero-order chi connectivity index (χ0) is 19.9. The topological polar surface area (TPSA) is 105 Å². The minimum atomic E-state index is -1.03. The summed E-state index contributed by atoms with van der Waals surface area (Å²) < 4.78 is 11.4. The second-order valence-corrected chi connectivity index (χ2v) is 7.96. The van der Waals surface area contributed by atoms with Crippen LogP contribution >= 0.6 is 0 Å². The summed E-state index contributed by atoms with van der Waals surface area (Å²) in [6.45, 7) is 7.27. The molecule has 3 aliphatic rings. The molecule has 2 N–H and O–H groups in total. The van der Waals surface area contributed by atoms with Crippen molar-refractivity contribution in [1.82, 2.24) is 10.2 Å². The van der Waals surface area contributed by atoms with Gasteiger partial charge in [-0.2, -0.15) is 0 Å². The van der Waals surface area contributed by atoms with Gasteiger partial charge in [-0.3, -0.25) is 14.4 Å². The van der Waals surface area contributed by atoms with Crippen molar-refractivity contribution in [3.8, 4) is 0 Å². The van der Waals surface area contributed by atoms with E-state index in [1.54, 1.807) is 6.92 Å². The van der Waals surface area contributed by atoms with Gasteiger partial charge in [0.25, 0.3) is 0 Å². The van der Waals surface area contributed by atoms with Gasteiger partial charge >= 0.3 is 5.97 Å². The Hall–Kier alpha value is -1.67. The predicted octanol–water partition coefficient (Wildman–Crippen LogP) is 0.220. The summed E-state index contributed by atoms with van der Waals surface area (Å²) in [4.78, 5) is 40.5. The number of aliphatic hydroxyl groups is 1. The van der Waals surface area contributed by atoms with E-state index < -0.39 is 41.6 Å². The van der Waals surface area contributed by atoms with E-state index in [0.717, 1.165) is 0 Å². The van der Waals surface area contributed by atoms with Gasteiger partial charge < -0.3 is 24.8 Å². The molecule has 8 heteroatoms. The number of rotatable bonds is 7. The maximum absolute atomic E-state index is 13.4. The highest BCUT2D eigenvalue weighted by Gasteiger charge is 2.75. The van der Waals surface area contributed by atoms with E-state index in [2.05, 4.69) is 5.32 Å². The lowest BCUT2D eigenvalue weighted by atomic mass is 9.70. The quantitative estimate of drug-likeness (QED) is 0.610. The van der Waals surface area contributed by atoms with Crippen LogP contribution in [0, 0.1) is 11.8 Å². The lowest BCUT2D eigenvalue weighted by molar-refractivity contribution is -0.155. The molecule has 0 aliphatic carbocycles. The van der Waals surface area contributed by atoms with E-state index >= 15 is 0 Å². The molecule has 3 aliphatic heterocycles. The maximum atomic E-state index is 13.4. The third-order valence-corrected chi connectivity index (χ3v) is 6.05. The van der Waals surface area contributed by atoms with E-state index in [1.807, 2.05) is 20.8 Å². The molecule has 27 heavy (non-hydrogen) atoms. The van der Waals surface area contributed by atoms with Crippen LogP contribution in [0.4, 0.5) is 0 Å². The summed E-state index contributed by atoms with van der Waals surface area (Å²) in [6.07, 6.45) is 1.26. The van der Waals surface area contributed by atoms with Crippen molar-refractivity contribution in [2.75, 3.05) is 13.2 Å². The number of esters is 1. The number of nitrogens with one attached hydrogen (secondary N) is 1. The number of fused-ring (bicyclic) bond motifs is 1. The number of ether oxygens (including phenoxy) is 2. The fourth-order valence-electron chi connectivity index (χ4n) is 5.07. The van der Waals surface area contributed by atoms with Crippen LogP contribution in [-0.2, 0) is 23.9 Å². The Kier molecular flexibility index (Phi) is 5.49. The molecular weight excluding hydrogens is 352 g/mol. The number of carbonyl (C=O) groups is 3. The average Bonchev–Trinajstić information content (AvgIpc) is 3.24. The summed E-state index contributed by atoms with van der Waals surface area (Å²) in [5.74, 6) is -2.46. The highest BCUT2D eigenvalue weighted by atomic mass is 16.6. The Bertz CT molecular complexity index is 619. The van der Waals surface area contributed by atoms with Gasteiger partial charge in [0.2, 0.25) is 11.8 Å². The second kappa shape index (κ2) is 7.39. The largest absolute Gasteiger partial charge is 0.466 e. The SMILES string of the molecule is CCOC(=O)[C@@H]1[C@H]2C(=O)N([C@@H](CC)CO)C(C(=O)NC(C)C)C23CC[C@H]1O3. The van der Waals surface area contributed by atoms with Crippen LogP contribution in [0.2, 0.25) is 0 Å². The van der Waals surface area contributed by atoms with Crippen molar-refractivity contribution in [2.24, 2.45) is 11.8 Å². The highest BCUT2D eigenvalue weighted by Crippen LogP contribution is 2.59. The highest BCUT2D eigenvalue weighted by molar-refractivity contribution is 5.98. The normalized spacial score (nSPS) is 35.5. The van der Waals surface area contributed by atoms with Crippen molar-refractivity contribution in [2.45, 2.75) is 76.8 Å². The number of hydrogen-bond donors (Lipinski definition) is 2. The monoisotopic (exact) mass is 382 g/mol. The van der Waals surface area contributed by atoms with E-state index in [9.17, 15) is 19.5 Å². The number of likely N-dealkylation sites (tertiary alicyclic amines) is 1. The number of nitrogens with zero attached hydrogens (tertiary/aromatic N) is 1. The molecule has 3 saturated heterocycles. The third-order valence-electron chi connectivity index (χ3n) is 6.05. The van der Waals surface area contributed by atoms with Gasteiger partial charge in [0.15, 0.2) is 0 Å². The first-order chi connectivity index (χ1) is 12.8. The van der Waals surface area contributed by atoms with Gasteiger partial charge in [-0.25, -0.2) is 0 Å². The molecule has 152 valence electrons. The molecule has 0 aromatic heterocycles. The first-order valence-corrected chi connectivity index (χ1v) is 9.90. The molecular formula is C19H30N2O6. The average molecular weight is 382 g/mol. The Morgan fingerprint density at radius 2 is 2.11 bits per heavy atom. The minimum Gasteiger partial charge on any atom is -0.466 e. The smallest absolute Gasteiger partial charge is 0.312 e. The summed E-state index contributed by atoms with van der Waals surface area (Å²) in [7, 11) is 0. The second-order valence-electron chi connectivity index (χ2n) is 7.96.